The van der Waals surface area contributed by atoms with Crippen LogP contribution < -0.4 is 14.8 Å². The van der Waals surface area contributed by atoms with Gasteiger partial charge in [-0.1, -0.05) is 0 Å². The number of phenolic OH excluding ortho intramolecular Hbond substituents is 1. The van der Waals surface area contributed by atoms with E-state index in [1.54, 1.807) is 19.2 Å². The summed E-state index contributed by atoms with van der Waals surface area (Å²) in [6.07, 6.45) is 4.78. The van der Waals surface area contributed by atoms with E-state index in [2.05, 4.69) is 15.2 Å². The van der Waals surface area contributed by atoms with E-state index in [0.29, 0.717) is 18.0 Å². The van der Waals surface area contributed by atoms with E-state index < -0.39 is 0 Å². The van der Waals surface area contributed by atoms with E-state index >= 15 is 0 Å². The minimum absolute atomic E-state index is 0. The van der Waals surface area contributed by atoms with Crippen LogP contribution in [0.3, 0.4) is 0 Å². The largest absolute Gasteiger partial charge is 0.502 e. The number of hydrogen-bond donors (Lipinski definition) is 2. The lowest BCUT2D eigenvalue weighted by Gasteiger charge is -2.21. The van der Waals surface area contributed by atoms with E-state index in [-0.39, 0.29) is 29.7 Å². The van der Waals surface area contributed by atoms with Crippen molar-refractivity contribution in [3.05, 3.63) is 33.3 Å². The lowest BCUT2D eigenvalue weighted by atomic mass is 10.0. The minimum atomic E-state index is 0. The molecular formula is C20H29IN4O3S. The summed E-state index contributed by atoms with van der Waals surface area (Å²) in [6, 6.07) is 3.57. The standard InChI is InChI=1S/C20H28N4O3S.HI/c1-21-20(22-11-13-9-15(26-3)19(25)16(10-13)27-4)24(2)12-18-23-14-7-5-6-8-17(14)28-18;/h9-10,25H,5-8,11-12H2,1-4H3,(H,21,22);1H. The molecule has 0 atom stereocenters. The van der Waals surface area contributed by atoms with Gasteiger partial charge in [-0.25, -0.2) is 4.98 Å². The number of thiazole rings is 1. The zero-order valence-electron chi connectivity index (χ0n) is 17.3. The predicted molar refractivity (Wildman–Crippen MR) is 127 cm³/mol. The van der Waals surface area contributed by atoms with Crippen LogP contribution in [-0.4, -0.2) is 49.3 Å². The van der Waals surface area contributed by atoms with Crippen molar-refractivity contribution in [2.45, 2.75) is 38.8 Å². The molecule has 160 valence electrons. The zero-order chi connectivity index (χ0) is 20.1. The van der Waals surface area contributed by atoms with Gasteiger partial charge in [0.05, 0.1) is 26.5 Å². The van der Waals surface area contributed by atoms with Crippen molar-refractivity contribution < 1.29 is 14.6 Å². The maximum absolute atomic E-state index is 10.1. The smallest absolute Gasteiger partial charge is 0.200 e. The summed E-state index contributed by atoms with van der Waals surface area (Å²) in [5.41, 5.74) is 2.21. The molecule has 1 aliphatic carbocycles. The Morgan fingerprint density at radius 2 is 1.90 bits per heavy atom. The molecule has 0 radical (unpaired) electrons. The molecule has 0 aliphatic heterocycles. The number of aryl methyl sites for hydroxylation is 2. The Kier molecular flexibility index (Phi) is 8.81. The third kappa shape index (κ3) is 5.65. The number of hydrogen-bond acceptors (Lipinski definition) is 6. The van der Waals surface area contributed by atoms with Crippen LogP contribution in [0.1, 0.15) is 34.0 Å². The van der Waals surface area contributed by atoms with Gasteiger partial charge in [-0.05, 0) is 43.4 Å². The van der Waals surface area contributed by atoms with E-state index in [1.807, 2.05) is 18.4 Å². The maximum atomic E-state index is 10.1. The number of benzene rings is 1. The number of fused-ring (bicyclic) bond motifs is 1. The molecular weight excluding hydrogens is 503 g/mol. The van der Waals surface area contributed by atoms with Crippen molar-refractivity contribution in [1.82, 2.24) is 15.2 Å². The fourth-order valence-electron chi connectivity index (χ4n) is 3.37. The van der Waals surface area contributed by atoms with E-state index in [4.69, 9.17) is 14.5 Å². The number of aliphatic imine (C=N–C) groups is 1. The highest BCUT2D eigenvalue weighted by Gasteiger charge is 2.17. The van der Waals surface area contributed by atoms with Crippen molar-refractivity contribution in [2.24, 2.45) is 4.99 Å². The highest BCUT2D eigenvalue weighted by molar-refractivity contribution is 14.0. The molecule has 1 heterocycles. The first kappa shape index (κ1) is 23.5. The van der Waals surface area contributed by atoms with Crippen LogP contribution in [0.4, 0.5) is 0 Å². The summed E-state index contributed by atoms with van der Waals surface area (Å²) >= 11 is 1.82. The first-order valence-corrected chi connectivity index (χ1v) is 10.2. The topological polar surface area (TPSA) is 79.2 Å². The average molecular weight is 532 g/mol. The van der Waals surface area contributed by atoms with Gasteiger partial charge in [-0.15, -0.1) is 35.3 Å². The molecule has 0 unspecified atom stereocenters. The molecule has 0 saturated heterocycles. The second-order valence-electron chi connectivity index (χ2n) is 6.79. The zero-order valence-corrected chi connectivity index (χ0v) is 20.5. The molecule has 2 aromatic rings. The maximum Gasteiger partial charge on any atom is 0.200 e. The van der Waals surface area contributed by atoms with Gasteiger partial charge in [0.25, 0.3) is 0 Å². The number of phenols is 1. The number of halogens is 1. The molecule has 0 saturated carbocycles. The van der Waals surface area contributed by atoms with E-state index in [9.17, 15) is 5.11 Å². The van der Waals surface area contributed by atoms with Crippen molar-refractivity contribution in [3.63, 3.8) is 0 Å². The molecule has 3 rings (SSSR count). The van der Waals surface area contributed by atoms with E-state index in [0.717, 1.165) is 35.9 Å². The SMILES string of the molecule is CN=C(NCc1cc(OC)c(O)c(OC)c1)N(C)Cc1nc2c(s1)CCCC2.I. The molecule has 29 heavy (non-hydrogen) atoms. The summed E-state index contributed by atoms with van der Waals surface area (Å²) in [4.78, 5) is 12.7. The van der Waals surface area contributed by atoms with Crippen LogP contribution in [-0.2, 0) is 25.9 Å². The normalized spacial score (nSPS) is 13.3. The molecule has 7 nitrogen and oxygen atoms in total. The van der Waals surface area contributed by atoms with Gasteiger partial charge in [-0.3, -0.25) is 4.99 Å². The Labute approximate surface area is 193 Å². The first-order chi connectivity index (χ1) is 13.5. The fraction of sp³-hybridized carbons (Fsp3) is 0.500. The second-order valence-corrected chi connectivity index (χ2v) is 7.96. The van der Waals surface area contributed by atoms with Gasteiger partial charge in [0.1, 0.15) is 5.01 Å². The molecule has 0 amide bonds. The Morgan fingerprint density at radius 3 is 2.48 bits per heavy atom. The number of aromatic hydroxyl groups is 1. The molecule has 1 aromatic carbocycles. The molecule has 2 N–H and O–H groups in total. The average Bonchev–Trinajstić information content (AvgIpc) is 3.11. The molecule has 9 heteroatoms. The van der Waals surface area contributed by atoms with Crippen molar-refractivity contribution in [3.8, 4) is 17.2 Å². The molecule has 0 spiro atoms. The summed E-state index contributed by atoms with van der Waals surface area (Å²) in [6.45, 7) is 1.25. The summed E-state index contributed by atoms with van der Waals surface area (Å²) < 4.78 is 10.4. The molecule has 0 fully saturated rings. The Bertz CT molecular complexity index is 808. The first-order valence-electron chi connectivity index (χ1n) is 9.38. The Morgan fingerprint density at radius 1 is 1.24 bits per heavy atom. The van der Waals surface area contributed by atoms with Crippen LogP contribution in [0.25, 0.3) is 0 Å². The van der Waals surface area contributed by atoms with E-state index in [1.165, 1.54) is 37.6 Å². The van der Waals surface area contributed by atoms with Gasteiger partial charge in [0, 0.05) is 25.5 Å². The minimum Gasteiger partial charge on any atom is -0.502 e. The number of aromatic nitrogens is 1. The molecule has 1 aromatic heterocycles. The number of guanidine groups is 1. The van der Waals surface area contributed by atoms with Gasteiger partial charge in [0.2, 0.25) is 5.75 Å². The van der Waals surface area contributed by atoms with Crippen LogP contribution >= 0.6 is 35.3 Å². The lowest BCUT2D eigenvalue weighted by Crippen LogP contribution is -2.38. The number of nitrogens with one attached hydrogen (secondary N) is 1. The molecule has 0 bridgehead atoms. The lowest BCUT2D eigenvalue weighted by molar-refractivity contribution is 0.339. The van der Waals surface area contributed by atoms with Crippen LogP contribution in [0, 0.1) is 0 Å². The van der Waals surface area contributed by atoms with Crippen molar-refractivity contribution in [1.29, 1.82) is 0 Å². The third-order valence-corrected chi connectivity index (χ3v) is 5.97. The quantitative estimate of drug-likeness (QED) is 0.337. The van der Waals surface area contributed by atoms with Crippen molar-refractivity contribution in [2.75, 3.05) is 28.3 Å². The van der Waals surface area contributed by atoms with Gasteiger partial charge < -0.3 is 24.8 Å². The van der Waals surface area contributed by atoms with Crippen molar-refractivity contribution >= 4 is 41.3 Å². The van der Waals surface area contributed by atoms with Gasteiger partial charge in [0.15, 0.2) is 17.5 Å². The van der Waals surface area contributed by atoms with Gasteiger partial charge >= 0.3 is 0 Å². The highest BCUT2D eigenvalue weighted by atomic mass is 127. The number of methoxy groups -OCH3 is 2. The second kappa shape index (κ2) is 10.9. The Balaban J connectivity index is 0.00000300. The number of rotatable bonds is 6. The van der Waals surface area contributed by atoms with Crippen LogP contribution in [0.15, 0.2) is 17.1 Å². The third-order valence-electron chi connectivity index (χ3n) is 4.83. The number of nitrogens with zero attached hydrogens (tertiary/aromatic N) is 3. The molecule has 1 aliphatic rings. The summed E-state index contributed by atoms with van der Waals surface area (Å²) in [5.74, 6) is 1.54. The predicted octanol–water partition coefficient (Wildman–Crippen LogP) is 3.57. The van der Waals surface area contributed by atoms with Gasteiger partial charge in [-0.2, -0.15) is 0 Å². The number of ether oxygens (including phenoxy) is 2. The fourth-order valence-corrected chi connectivity index (χ4v) is 4.58. The summed E-state index contributed by atoms with van der Waals surface area (Å²) in [7, 11) is 6.81. The summed E-state index contributed by atoms with van der Waals surface area (Å²) in [5, 5.41) is 14.5. The van der Waals surface area contributed by atoms with Crippen LogP contribution in [0.5, 0.6) is 17.2 Å². The highest BCUT2D eigenvalue weighted by Crippen LogP contribution is 2.37. The monoisotopic (exact) mass is 532 g/mol. The Hall–Kier alpha value is -1.75. The van der Waals surface area contributed by atoms with Crippen LogP contribution in [0.2, 0.25) is 0 Å².